The lowest BCUT2D eigenvalue weighted by molar-refractivity contribution is 0.0857. The lowest BCUT2D eigenvalue weighted by atomic mass is 10.1. The summed E-state index contributed by atoms with van der Waals surface area (Å²) >= 11 is 0. The van der Waals surface area contributed by atoms with E-state index in [0.29, 0.717) is 29.1 Å². The predicted octanol–water partition coefficient (Wildman–Crippen LogP) is 2.42. The van der Waals surface area contributed by atoms with Gasteiger partial charge in [-0.15, -0.1) is 0 Å². The quantitative estimate of drug-likeness (QED) is 0.693. The fourth-order valence-corrected chi connectivity index (χ4v) is 3.20. The first-order chi connectivity index (χ1) is 14.2. The van der Waals surface area contributed by atoms with Crippen LogP contribution in [0.4, 0.5) is 0 Å². The van der Waals surface area contributed by atoms with E-state index in [1.54, 1.807) is 36.4 Å². The van der Waals surface area contributed by atoms with E-state index in [0.717, 1.165) is 25.0 Å². The van der Waals surface area contributed by atoms with E-state index in [2.05, 4.69) is 21.5 Å². The Balaban J connectivity index is 1.48. The lowest BCUT2D eigenvalue weighted by Gasteiger charge is -2.11. The molecule has 0 spiro atoms. The largest absolute Gasteiger partial charge is 0.493 e. The number of pyridine rings is 1. The van der Waals surface area contributed by atoms with Gasteiger partial charge in [0.25, 0.3) is 5.91 Å². The van der Waals surface area contributed by atoms with Gasteiger partial charge < -0.3 is 15.2 Å². The molecule has 1 aliphatic heterocycles. The number of nitrogens with zero attached hydrogens (tertiary/aromatic N) is 4. The van der Waals surface area contributed by atoms with Crippen LogP contribution in [-0.4, -0.2) is 45.0 Å². The van der Waals surface area contributed by atoms with E-state index in [4.69, 9.17) is 10.00 Å². The number of hydrogen-bond donors (Lipinski definition) is 2. The number of nitrogens with one attached hydrogen (secondary N) is 1. The maximum atomic E-state index is 12.3. The Bertz CT molecular complexity index is 1050. The minimum absolute atomic E-state index is 0.0715. The molecule has 2 aromatic heterocycles. The number of rotatable bonds is 5. The van der Waals surface area contributed by atoms with Gasteiger partial charge in [0, 0.05) is 19.3 Å². The SMILES string of the molecule is N#Cc1ccc(-c2cnn(-c3ccc(C(=O)NCC4CCCO4)cn3)c2O)cc1. The van der Waals surface area contributed by atoms with Gasteiger partial charge in [0.2, 0.25) is 5.88 Å². The minimum Gasteiger partial charge on any atom is -0.493 e. The molecule has 1 aliphatic rings. The standard InChI is InChI=1S/C21H19N5O3/c22-10-14-3-5-15(6-4-14)18-13-25-26(21(18)28)19-8-7-16(11-23-19)20(27)24-12-17-2-1-9-29-17/h3-8,11,13,17,28H,1-2,9,12H2,(H,24,27). The number of aromatic nitrogens is 3. The van der Waals surface area contributed by atoms with Crippen molar-refractivity contribution in [1.82, 2.24) is 20.1 Å². The predicted molar refractivity (Wildman–Crippen MR) is 104 cm³/mol. The van der Waals surface area contributed by atoms with Crippen molar-refractivity contribution in [3.05, 3.63) is 59.9 Å². The van der Waals surface area contributed by atoms with Gasteiger partial charge in [-0.25, -0.2) is 4.98 Å². The van der Waals surface area contributed by atoms with Crippen molar-refractivity contribution in [3.63, 3.8) is 0 Å². The maximum Gasteiger partial charge on any atom is 0.252 e. The second-order valence-corrected chi connectivity index (χ2v) is 6.73. The zero-order chi connectivity index (χ0) is 20.2. The molecule has 1 fully saturated rings. The molecule has 3 heterocycles. The molecule has 4 rings (SSSR count). The van der Waals surface area contributed by atoms with Crippen LogP contribution in [0.5, 0.6) is 5.88 Å². The van der Waals surface area contributed by atoms with Crippen LogP contribution in [0.2, 0.25) is 0 Å². The number of aromatic hydroxyl groups is 1. The molecule has 0 aliphatic carbocycles. The Labute approximate surface area is 167 Å². The molecule has 3 aromatic rings. The molecule has 1 atom stereocenters. The van der Waals surface area contributed by atoms with Crippen LogP contribution in [0.15, 0.2) is 48.8 Å². The molecule has 0 radical (unpaired) electrons. The van der Waals surface area contributed by atoms with Crippen LogP contribution >= 0.6 is 0 Å². The van der Waals surface area contributed by atoms with Crippen molar-refractivity contribution in [2.45, 2.75) is 18.9 Å². The van der Waals surface area contributed by atoms with Crippen LogP contribution in [0.3, 0.4) is 0 Å². The number of nitriles is 1. The highest BCUT2D eigenvalue weighted by Crippen LogP contribution is 2.30. The maximum absolute atomic E-state index is 12.3. The molecule has 29 heavy (non-hydrogen) atoms. The normalized spacial score (nSPS) is 15.8. The van der Waals surface area contributed by atoms with Gasteiger partial charge in [-0.2, -0.15) is 15.0 Å². The Morgan fingerprint density at radius 2 is 2.10 bits per heavy atom. The van der Waals surface area contributed by atoms with Crippen LogP contribution in [-0.2, 0) is 4.74 Å². The second-order valence-electron chi connectivity index (χ2n) is 6.73. The molecule has 2 N–H and O–H groups in total. The highest BCUT2D eigenvalue weighted by atomic mass is 16.5. The molecule has 1 aromatic carbocycles. The highest BCUT2D eigenvalue weighted by molar-refractivity contribution is 5.93. The molecule has 146 valence electrons. The topological polar surface area (TPSA) is 113 Å². The van der Waals surface area contributed by atoms with Gasteiger partial charge in [0.15, 0.2) is 5.82 Å². The van der Waals surface area contributed by atoms with Crippen LogP contribution in [0.25, 0.3) is 16.9 Å². The smallest absolute Gasteiger partial charge is 0.252 e. The molecule has 1 amide bonds. The number of hydrogen-bond acceptors (Lipinski definition) is 6. The fraction of sp³-hybridized carbons (Fsp3) is 0.238. The summed E-state index contributed by atoms with van der Waals surface area (Å²) in [5.74, 6) is 0.0957. The van der Waals surface area contributed by atoms with E-state index >= 15 is 0 Å². The molecule has 1 saturated heterocycles. The van der Waals surface area contributed by atoms with Crippen LogP contribution in [0, 0.1) is 11.3 Å². The van der Waals surface area contributed by atoms with E-state index in [1.807, 2.05) is 0 Å². The van der Waals surface area contributed by atoms with Crippen molar-refractivity contribution in [1.29, 1.82) is 5.26 Å². The number of carbonyl (C=O) groups is 1. The Morgan fingerprint density at radius 1 is 1.28 bits per heavy atom. The van der Waals surface area contributed by atoms with Gasteiger partial charge in [-0.3, -0.25) is 4.79 Å². The summed E-state index contributed by atoms with van der Waals surface area (Å²) in [6.07, 6.45) is 5.03. The minimum atomic E-state index is -0.220. The van der Waals surface area contributed by atoms with Crippen molar-refractivity contribution in [3.8, 4) is 28.9 Å². The zero-order valence-corrected chi connectivity index (χ0v) is 15.6. The summed E-state index contributed by atoms with van der Waals surface area (Å²) in [4.78, 5) is 16.5. The summed E-state index contributed by atoms with van der Waals surface area (Å²) in [7, 11) is 0. The number of ether oxygens (including phenoxy) is 1. The number of amides is 1. The zero-order valence-electron chi connectivity index (χ0n) is 15.6. The fourth-order valence-electron chi connectivity index (χ4n) is 3.20. The van der Waals surface area contributed by atoms with Crippen molar-refractivity contribution in [2.75, 3.05) is 13.2 Å². The van der Waals surface area contributed by atoms with Crippen molar-refractivity contribution < 1.29 is 14.6 Å². The van der Waals surface area contributed by atoms with Crippen molar-refractivity contribution in [2.24, 2.45) is 0 Å². The monoisotopic (exact) mass is 389 g/mol. The third kappa shape index (κ3) is 3.95. The average Bonchev–Trinajstić information content (AvgIpc) is 3.42. The van der Waals surface area contributed by atoms with Gasteiger partial charge >= 0.3 is 0 Å². The molecular formula is C21H19N5O3. The highest BCUT2D eigenvalue weighted by Gasteiger charge is 2.18. The second kappa shape index (κ2) is 8.12. The van der Waals surface area contributed by atoms with E-state index in [-0.39, 0.29) is 17.9 Å². The number of carbonyl (C=O) groups excluding carboxylic acids is 1. The third-order valence-electron chi connectivity index (χ3n) is 4.81. The van der Waals surface area contributed by atoms with Gasteiger partial charge in [-0.1, -0.05) is 12.1 Å². The Kier molecular flexibility index (Phi) is 5.22. The van der Waals surface area contributed by atoms with Gasteiger partial charge in [0.1, 0.15) is 0 Å². The Hall–Kier alpha value is -3.70. The molecule has 0 saturated carbocycles. The van der Waals surface area contributed by atoms with Gasteiger partial charge in [0.05, 0.1) is 35.1 Å². The van der Waals surface area contributed by atoms with E-state index < -0.39 is 0 Å². The van der Waals surface area contributed by atoms with Crippen LogP contribution < -0.4 is 5.32 Å². The molecule has 0 bridgehead atoms. The molecule has 8 heteroatoms. The average molecular weight is 389 g/mol. The third-order valence-corrected chi connectivity index (χ3v) is 4.81. The lowest BCUT2D eigenvalue weighted by Crippen LogP contribution is -2.31. The molecule has 1 unspecified atom stereocenters. The van der Waals surface area contributed by atoms with E-state index in [1.165, 1.54) is 17.1 Å². The summed E-state index contributed by atoms with van der Waals surface area (Å²) in [6.45, 7) is 1.23. The summed E-state index contributed by atoms with van der Waals surface area (Å²) < 4.78 is 6.79. The first-order valence-electron chi connectivity index (χ1n) is 9.29. The van der Waals surface area contributed by atoms with E-state index in [9.17, 15) is 9.90 Å². The molecule has 8 nitrogen and oxygen atoms in total. The molecular weight excluding hydrogens is 370 g/mol. The summed E-state index contributed by atoms with van der Waals surface area (Å²) in [6, 6.07) is 12.2. The first-order valence-corrected chi connectivity index (χ1v) is 9.29. The summed E-state index contributed by atoms with van der Waals surface area (Å²) in [5.41, 5.74) is 2.22. The van der Waals surface area contributed by atoms with Crippen molar-refractivity contribution >= 4 is 5.91 Å². The van der Waals surface area contributed by atoms with Gasteiger partial charge in [-0.05, 0) is 42.7 Å². The van der Waals surface area contributed by atoms with Crippen LogP contribution in [0.1, 0.15) is 28.8 Å². The Morgan fingerprint density at radius 3 is 2.76 bits per heavy atom. The number of benzene rings is 1. The summed E-state index contributed by atoms with van der Waals surface area (Å²) in [5, 5.41) is 26.5. The first kappa shape index (κ1) is 18.7.